The first-order valence-electron chi connectivity index (χ1n) is 7.88. The van der Waals surface area contributed by atoms with Crippen LogP contribution in [0.2, 0.25) is 0 Å². The fourth-order valence-corrected chi connectivity index (χ4v) is 4.94. The van der Waals surface area contributed by atoms with Crippen molar-refractivity contribution in [2.45, 2.75) is 32.7 Å². The maximum Gasteiger partial charge on any atom is 0.261 e. The van der Waals surface area contributed by atoms with Crippen LogP contribution in [-0.4, -0.2) is 43.1 Å². The quantitative estimate of drug-likeness (QED) is 0.880. The number of aromatic nitrogens is 1. The van der Waals surface area contributed by atoms with Crippen molar-refractivity contribution in [2.75, 3.05) is 31.1 Å². The van der Waals surface area contributed by atoms with Crippen LogP contribution in [0.25, 0.3) is 9.53 Å². The molecule has 0 unspecified atom stereocenters. The van der Waals surface area contributed by atoms with Crippen LogP contribution in [0, 0.1) is 0 Å². The minimum absolute atomic E-state index is 0.0355. The molecule has 1 aliphatic heterocycles. The summed E-state index contributed by atoms with van der Waals surface area (Å²) < 4.78 is 1.11. The first kappa shape index (κ1) is 15.7. The van der Waals surface area contributed by atoms with E-state index in [2.05, 4.69) is 34.4 Å². The van der Waals surface area contributed by atoms with Gasteiger partial charge in [0.2, 0.25) is 0 Å². The molecule has 0 aromatic carbocycles. The fourth-order valence-electron chi connectivity index (χ4n) is 2.70. The average Bonchev–Trinajstić information content (AvgIpc) is 3.08. The Kier molecular flexibility index (Phi) is 4.95. The van der Waals surface area contributed by atoms with Gasteiger partial charge in [-0.05, 0) is 39.3 Å². The third-order valence-electron chi connectivity index (χ3n) is 3.97. The lowest BCUT2D eigenvalue weighted by molar-refractivity contribution is 0.0935. The SMILES string of the molecule is CCN(CC)c1nc2sc(C(=O)N[C@H]3CCCNC3)cc2s1. The Morgan fingerprint density at radius 1 is 1.45 bits per heavy atom. The van der Waals surface area contributed by atoms with Gasteiger partial charge in [0.25, 0.3) is 5.91 Å². The normalized spacial score (nSPS) is 18.5. The Bertz CT molecular complexity index is 610. The van der Waals surface area contributed by atoms with Gasteiger partial charge in [0, 0.05) is 25.7 Å². The van der Waals surface area contributed by atoms with Crippen molar-refractivity contribution in [1.29, 1.82) is 0 Å². The molecule has 0 bridgehead atoms. The highest BCUT2D eigenvalue weighted by Crippen LogP contribution is 2.34. The molecule has 2 N–H and O–H groups in total. The van der Waals surface area contributed by atoms with E-state index in [1.54, 1.807) is 11.3 Å². The molecule has 0 spiro atoms. The van der Waals surface area contributed by atoms with E-state index >= 15 is 0 Å². The van der Waals surface area contributed by atoms with E-state index in [9.17, 15) is 4.79 Å². The smallest absolute Gasteiger partial charge is 0.261 e. The zero-order valence-electron chi connectivity index (χ0n) is 13.0. The molecular formula is C15H22N4OS2. The van der Waals surface area contributed by atoms with Crippen LogP contribution in [0.15, 0.2) is 6.07 Å². The predicted octanol–water partition coefficient (Wildman–Crippen LogP) is 2.69. The number of anilines is 1. The van der Waals surface area contributed by atoms with Crippen LogP contribution in [0.3, 0.4) is 0 Å². The molecule has 3 rings (SSSR count). The number of piperidine rings is 1. The number of thiophene rings is 1. The van der Waals surface area contributed by atoms with E-state index in [1.165, 1.54) is 11.3 Å². The van der Waals surface area contributed by atoms with Gasteiger partial charge in [0.1, 0.15) is 4.83 Å². The zero-order chi connectivity index (χ0) is 15.5. The van der Waals surface area contributed by atoms with Crippen molar-refractivity contribution < 1.29 is 4.79 Å². The molecule has 120 valence electrons. The van der Waals surface area contributed by atoms with Crippen molar-refractivity contribution >= 4 is 43.2 Å². The highest BCUT2D eigenvalue weighted by molar-refractivity contribution is 7.29. The molecule has 1 fully saturated rings. The Hall–Kier alpha value is -1.18. The van der Waals surface area contributed by atoms with E-state index in [0.29, 0.717) is 0 Å². The number of thiazole rings is 1. The van der Waals surface area contributed by atoms with Gasteiger partial charge in [-0.3, -0.25) is 4.79 Å². The second-order valence-corrected chi connectivity index (χ2v) is 7.51. The molecule has 7 heteroatoms. The van der Waals surface area contributed by atoms with Gasteiger partial charge in [-0.15, -0.1) is 11.3 Å². The van der Waals surface area contributed by atoms with Crippen LogP contribution in [0.5, 0.6) is 0 Å². The number of carbonyl (C=O) groups excluding carboxylic acids is 1. The lowest BCUT2D eigenvalue weighted by Crippen LogP contribution is -2.45. The Morgan fingerprint density at radius 2 is 2.27 bits per heavy atom. The molecule has 5 nitrogen and oxygen atoms in total. The van der Waals surface area contributed by atoms with Gasteiger partial charge >= 0.3 is 0 Å². The molecule has 3 heterocycles. The Balaban J connectivity index is 1.71. The number of fused-ring (bicyclic) bond motifs is 1. The molecule has 1 amide bonds. The second kappa shape index (κ2) is 6.93. The van der Waals surface area contributed by atoms with Gasteiger partial charge < -0.3 is 15.5 Å². The number of hydrogen-bond donors (Lipinski definition) is 2. The molecule has 1 atom stereocenters. The van der Waals surface area contributed by atoms with Gasteiger partial charge in [-0.1, -0.05) is 11.3 Å². The lowest BCUT2D eigenvalue weighted by Gasteiger charge is -2.23. The number of amides is 1. The summed E-state index contributed by atoms with van der Waals surface area (Å²) in [6.07, 6.45) is 2.18. The topological polar surface area (TPSA) is 57.3 Å². The van der Waals surface area contributed by atoms with E-state index in [0.717, 1.165) is 58.6 Å². The highest BCUT2D eigenvalue weighted by Gasteiger charge is 2.19. The van der Waals surface area contributed by atoms with Crippen LogP contribution in [0.1, 0.15) is 36.4 Å². The molecular weight excluding hydrogens is 316 g/mol. The van der Waals surface area contributed by atoms with E-state index in [1.807, 2.05) is 6.07 Å². The fraction of sp³-hybridized carbons (Fsp3) is 0.600. The molecule has 0 saturated carbocycles. The predicted molar refractivity (Wildman–Crippen MR) is 94.4 cm³/mol. The molecule has 22 heavy (non-hydrogen) atoms. The number of hydrogen-bond acceptors (Lipinski definition) is 6. The minimum atomic E-state index is 0.0355. The number of nitrogens with zero attached hydrogens (tertiary/aromatic N) is 2. The third-order valence-corrected chi connectivity index (χ3v) is 6.19. The maximum absolute atomic E-state index is 12.3. The summed E-state index contributed by atoms with van der Waals surface area (Å²) in [5, 5.41) is 7.49. The van der Waals surface area contributed by atoms with Gasteiger partial charge in [0.15, 0.2) is 5.13 Å². The largest absolute Gasteiger partial charge is 0.349 e. The van der Waals surface area contributed by atoms with Crippen molar-refractivity contribution in [3.8, 4) is 0 Å². The standard InChI is InChI=1S/C15H22N4OS2/c1-3-19(4-2)15-18-14-12(22-15)8-11(21-14)13(20)17-10-6-5-7-16-9-10/h8,10,16H,3-7,9H2,1-2H3,(H,17,20)/t10-/m0/s1. The van der Waals surface area contributed by atoms with Gasteiger partial charge in [0.05, 0.1) is 9.58 Å². The van der Waals surface area contributed by atoms with Crippen molar-refractivity contribution in [3.63, 3.8) is 0 Å². The second-order valence-electron chi connectivity index (χ2n) is 5.47. The van der Waals surface area contributed by atoms with Crippen LogP contribution >= 0.6 is 22.7 Å². The summed E-state index contributed by atoms with van der Waals surface area (Å²) >= 11 is 3.17. The molecule has 0 radical (unpaired) electrons. The van der Waals surface area contributed by atoms with Crippen LogP contribution in [-0.2, 0) is 0 Å². The Morgan fingerprint density at radius 3 is 2.91 bits per heavy atom. The summed E-state index contributed by atoms with van der Waals surface area (Å²) in [5.74, 6) is 0.0355. The van der Waals surface area contributed by atoms with Crippen LogP contribution in [0.4, 0.5) is 5.13 Å². The van der Waals surface area contributed by atoms with Crippen molar-refractivity contribution in [3.05, 3.63) is 10.9 Å². The first-order chi connectivity index (χ1) is 10.7. The van der Waals surface area contributed by atoms with Crippen molar-refractivity contribution in [1.82, 2.24) is 15.6 Å². The summed E-state index contributed by atoms with van der Waals surface area (Å²) in [4.78, 5) is 21.0. The molecule has 0 aliphatic carbocycles. The molecule has 1 saturated heterocycles. The summed E-state index contributed by atoms with van der Waals surface area (Å²) in [7, 11) is 0. The number of carbonyl (C=O) groups is 1. The highest BCUT2D eigenvalue weighted by atomic mass is 32.1. The van der Waals surface area contributed by atoms with Gasteiger partial charge in [-0.25, -0.2) is 4.98 Å². The zero-order valence-corrected chi connectivity index (χ0v) is 14.6. The summed E-state index contributed by atoms with van der Waals surface area (Å²) in [6, 6.07) is 2.23. The Labute approximate surface area is 138 Å². The van der Waals surface area contributed by atoms with Gasteiger partial charge in [-0.2, -0.15) is 0 Å². The summed E-state index contributed by atoms with van der Waals surface area (Å²) in [6.45, 7) is 8.11. The first-order valence-corrected chi connectivity index (χ1v) is 9.51. The molecule has 2 aromatic heterocycles. The molecule has 2 aromatic rings. The third kappa shape index (κ3) is 3.26. The van der Waals surface area contributed by atoms with E-state index in [-0.39, 0.29) is 11.9 Å². The monoisotopic (exact) mass is 338 g/mol. The maximum atomic E-state index is 12.3. The average molecular weight is 339 g/mol. The number of nitrogens with one attached hydrogen (secondary N) is 2. The number of rotatable bonds is 5. The lowest BCUT2D eigenvalue weighted by atomic mass is 10.1. The molecule has 1 aliphatic rings. The van der Waals surface area contributed by atoms with Crippen LogP contribution < -0.4 is 15.5 Å². The van der Waals surface area contributed by atoms with E-state index in [4.69, 9.17) is 0 Å². The minimum Gasteiger partial charge on any atom is -0.349 e. The van der Waals surface area contributed by atoms with E-state index < -0.39 is 0 Å². The van der Waals surface area contributed by atoms with Crippen molar-refractivity contribution in [2.24, 2.45) is 0 Å². The summed E-state index contributed by atoms with van der Waals surface area (Å²) in [5.41, 5.74) is 0.